The summed E-state index contributed by atoms with van der Waals surface area (Å²) in [6.45, 7) is 7.38. The van der Waals surface area contributed by atoms with E-state index in [9.17, 15) is 4.39 Å². The van der Waals surface area contributed by atoms with Gasteiger partial charge in [0, 0.05) is 5.56 Å². The molecule has 0 spiro atoms. The first-order valence-electron chi connectivity index (χ1n) is 7.66. The molecule has 0 radical (unpaired) electrons. The summed E-state index contributed by atoms with van der Waals surface area (Å²) in [7, 11) is 0. The van der Waals surface area contributed by atoms with Crippen molar-refractivity contribution in [1.29, 1.82) is 0 Å². The predicted molar refractivity (Wildman–Crippen MR) is 85.8 cm³/mol. The van der Waals surface area contributed by atoms with Gasteiger partial charge in [-0.05, 0) is 31.9 Å². The number of anilines is 1. The number of halogens is 1. The second-order valence-corrected chi connectivity index (χ2v) is 6.35. The van der Waals surface area contributed by atoms with Crippen molar-refractivity contribution < 1.29 is 9.13 Å². The topological polar surface area (TPSA) is 25.4 Å². The standard InChI is InChI=1S/C14H15FN2OS.C2H6/c1-8-11(15)4-5-12-13(8)16-14(19-12)17-9-2-3-10(17)7-18-6-9;1-2/h4-5,9-10H,2-3,6-7H2,1H3;1-2H3. The zero-order valence-electron chi connectivity index (χ0n) is 12.7. The number of aryl methyl sites for hydroxylation is 1. The van der Waals surface area contributed by atoms with Crippen LogP contribution in [-0.4, -0.2) is 30.3 Å². The van der Waals surface area contributed by atoms with E-state index in [2.05, 4.69) is 9.88 Å². The summed E-state index contributed by atoms with van der Waals surface area (Å²) >= 11 is 1.67. The van der Waals surface area contributed by atoms with Gasteiger partial charge in [0.15, 0.2) is 5.13 Å². The monoisotopic (exact) mass is 308 g/mol. The molecule has 1 aromatic carbocycles. The van der Waals surface area contributed by atoms with Crippen LogP contribution in [0.5, 0.6) is 0 Å². The average Bonchev–Trinajstić information content (AvgIpc) is 3.04. The van der Waals surface area contributed by atoms with Crippen molar-refractivity contribution in [3.63, 3.8) is 0 Å². The molecule has 0 amide bonds. The molecule has 2 bridgehead atoms. The molecule has 0 N–H and O–H groups in total. The molecule has 0 aliphatic carbocycles. The van der Waals surface area contributed by atoms with E-state index in [-0.39, 0.29) is 5.82 Å². The first-order chi connectivity index (χ1) is 10.2. The van der Waals surface area contributed by atoms with Crippen molar-refractivity contribution in [2.75, 3.05) is 18.1 Å². The molecule has 3 nitrogen and oxygen atoms in total. The van der Waals surface area contributed by atoms with Crippen molar-refractivity contribution in [1.82, 2.24) is 4.98 Å². The van der Waals surface area contributed by atoms with Crippen LogP contribution < -0.4 is 4.90 Å². The van der Waals surface area contributed by atoms with Crippen LogP contribution in [0.2, 0.25) is 0 Å². The maximum absolute atomic E-state index is 13.6. The number of nitrogens with zero attached hydrogens (tertiary/aromatic N) is 2. The molecule has 114 valence electrons. The summed E-state index contributed by atoms with van der Waals surface area (Å²) in [5.74, 6) is -0.172. The number of benzene rings is 1. The fourth-order valence-corrected chi connectivity index (χ4v) is 4.31. The molecular formula is C16H21FN2OS. The summed E-state index contributed by atoms with van der Waals surface area (Å²) in [6.07, 6.45) is 2.35. The van der Waals surface area contributed by atoms with E-state index in [1.165, 1.54) is 18.9 Å². The van der Waals surface area contributed by atoms with Crippen LogP contribution in [0.3, 0.4) is 0 Å². The smallest absolute Gasteiger partial charge is 0.187 e. The highest BCUT2D eigenvalue weighted by atomic mass is 32.1. The van der Waals surface area contributed by atoms with Crippen molar-refractivity contribution in [3.05, 3.63) is 23.5 Å². The molecule has 0 saturated carbocycles. The lowest BCUT2D eigenvalue weighted by molar-refractivity contribution is 0.0906. The molecule has 2 atom stereocenters. The number of rotatable bonds is 1. The fourth-order valence-electron chi connectivity index (χ4n) is 3.14. The normalized spacial score (nSPS) is 24.1. The number of fused-ring (bicyclic) bond motifs is 3. The van der Waals surface area contributed by atoms with Crippen LogP contribution in [-0.2, 0) is 4.74 Å². The minimum atomic E-state index is -0.172. The van der Waals surface area contributed by atoms with E-state index < -0.39 is 0 Å². The lowest BCUT2D eigenvalue weighted by Gasteiger charge is -2.34. The van der Waals surface area contributed by atoms with Crippen molar-refractivity contribution in [3.8, 4) is 0 Å². The van der Waals surface area contributed by atoms with Gasteiger partial charge in [0.25, 0.3) is 0 Å². The van der Waals surface area contributed by atoms with E-state index in [0.29, 0.717) is 17.6 Å². The van der Waals surface area contributed by atoms with Crippen LogP contribution in [0.15, 0.2) is 12.1 Å². The van der Waals surface area contributed by atoms with Gasteiger partial charge >= 0.3 is 0 Å². The Morgan fingerprint density at radius 3 is 2.57 bits per heavy atom. The van der Waals surface area contributed by atoms with E-state index in [4.69, 9.17) is 4.74 Å². The highest BCUT2D eigenvalue weighted by Crippen LogP contribution is 2.39. The first kappa shape index (κ1) is 14.7. The van der Waals surface area contributed by atoms with Crippen LogP contribution in [0.25, 0.3) is 10.2 Å². The number of morpholine rings is 1. The number of hydrogen-bond donors (Lipinski definition) is 0. The van der Waals surface area contributed by atoms with Gasteiger partial charge in [-0.1, -0.05) is 25.2 Å². The molecule has 2 aliphatic heterocycles. The van der Waals surface area contributed by atoms with Gasteiger partial charge in [0.1, 0.15) is 5.82 Å². The summed E-state index contributed by atoms with van der Waals surface area (Å²) in [4.78, 5) is 7.08. The maximum Gasteiger partial charge on any atom is 0.187 e. The lowest BCUT2D eigenvalue weighted by Crippen LogP contribution is -2.45. The Morgan fingerprint density at radius 1 is 1.24 bits per heavy atom. The third kappa shape index (κ3) is 2.42. The van der Waals surface area contributed by atoms with Gasteiger partial charge in [0.05, 0.1) is 35.5 Å². The Bertz CT molecular complexity index is 626. The Labute approximate surface area is 128 Å². The average molecular weight is 308 g/mol. The molecule has 2 aliphatic rings. The van der Waals surface area contributed by atoms with Gasteiger partial charge in [-0.25, -0.2) is 9.37 Å². The third-order valence-corrected chi connectivity index (χ3v) is 5.23. The second kappa shape index (κ2) is 5.89. The van der Waals surface area contributed by atoms with Gasteiger partial charge < -0.3 is 9.64 Å². The zero-order chi connectivity index (χ0) is 15.0. The number of ether oxygens (including phenoxy) is 1. The number of hydrogen-bond acceptors (Lipinski definition) is 4. The Balaban J connectivity index is 0.000000636. The fraction of sp³-hybridized carbons (Fsp3) is 0.562. The van der Waals surface area contributed by atoms with Gasteiger partial charge in [0.2, 0.25) is 0 Å². The minimum absolute atomic E-state index is 0.172. The van der Waals surface area contributed by atoms with Gasteiger partial charge in [-0.2, -0.15) is 0 Å². The van der Waals surface area contributed by atoms with E-state index in [0.717, 1.165) is 28.6 Å². The molecule has 2 saturated heterocycles. The molecular weight excluding hydrogens is 287 g/mol. The quantitative estimate of drug-likeness (QED) is 0.792. The Hall–Kier alpha value is -1.20. The van der Waals surface area contributed by atoms with Crippen molar-refractivity contribution >= 4 is 26.7 Å². The zero-order valence-corrected chi connectivity index (χ0v) is 13.5. The summed E-state index contributed by atoms with van der Waals surface area (Å²) < 4.78 is 20.3. The highest BCUT2D eigenvalue weighted by molar-refractivity contribution is 7.22. The Kier molecular flexibility index (Phi) is 4.13. The number of thiazole rings is 1. The molecule has 5 heteroatoms. The largest absolute Gasteiger partial charge is 0.377 e. The molecule has 2 unspecified atom stereocenters. The number of aromatic nitrogens is 1. The minimum Gasteiger partial charge on any atom is -0.377 e. The molecule has 1 aromatic heterocycles. The summed E-state index contributed by atoms with van der Waals surface area (Å²) in [6, 6.07) is 4.27. The third-order valence-electron chi connectivity index (χ3n) is 4.20. The summed E-state index contributed by atoms with van der Waals surface area (Å²) in [5, 5.41) is 1.03. The maximum atomic E-state index is 13.6. The molecule has 3 heterocycles. The summed E-state index contributed by atoms with van der Waals surface area (Å²) in [5.41, 5.74) is 1.46. The van der Waals surface area contributed by atoms with Crippen molar-refractivity contribution in [2.24, 2.45) is 0 Å². The highest BCUT2D eigenvalue weighted by Gasteiger charge is 2.39. The molecule has 2 aromatic rings. The SMILES string of the molecule is CC.Cc1c(F)ccc2sc(N3C4CCC3COC4)nc12. The van der Waals surface area contributed by atoms with Crippen LogP contribution in [0.1, 0.15) is 32.3 Å². The van der Waals surface area contributed by atoms with Gasteiger partial charge in [-0.3, -0.25) is 0 Å². The van der Waals surface area contributed by atoms with Crippen LogP contribution >= 0.6 is 11.3 Å². The first-order valence-corrected chi connectivity index (χ1v) is 8.47. The van der Waals surface area contributed by atoms with E-state index in [1.54, 1.807) is 18.3 Å². The predicted octanol–water partition coefficient (Wildman–Crippen LogP) is 4.14. The van der Waals surface area contributed by atoms with E-state index in [1.807, 2.05) is 19.9 Å². The second-order valence-electron chi connectivity index (χ2n) is 5.35. The molecule has 2 fully saturated rings. The Morgan fingerprint density at radius 2 is 1.90 bits per heavy atom. The van der Waals surface area contributed by atoms with Crippen LogP contribution in [0.4, 0.5) is 9.52 Å². The van der Waals surface area contributed by atoms with Gasteiger partial charge in [-0.15, -0.1) is 0 Å². The molecule has 4 rings (SSSR count). The lowest BCUT2D eigenvalue weighted by atomic mass is 10.2. The van der Waals surface area contributed by atoms with Crippen molar-refractivity contribution in [2.45, 2.75) is 45.7 Å². The van der Waals surface area contributed by atoms with E-state index >= 15 is 0 Å². The molecule has 21 heavy (non-hydrogen) atoms. The van der Waals surface area contributed by atoms with Crippen LogP contribution in [0, 0.1) is 12.7 Å².